The molecule has 1 aliphatic heterocycles. The van der Waals surface area contributed by atoms with Crippen LogP contribution in [0.2, 0.25) is 0 Å². The SMILES string of the molecule is CCCCC(O)(N=C1CCCCCN1CCC)c1ccc(C2CCCCC2)cc1. The van der Waals surface area contributed by atoms with Crippen molar-refractivity contribution >= 4 is 5.84 Å². The Morgan fingerprint density at radius 1 is 0.966 bits per heavy atom. The van der Waals surface area contributed by atoms with Gasteiger partial charge in [-0.05, 0) is 50.0 Å². The summed E-state index contributed by atoms with van der Waals surface area (Å²) in [5.41, 5.74) is 1.33. The Morgan fingerprint density at radius 3 is 2.38 bits per heavy atom. The van der Waals surface area contributed by atoms with Gasteiger partial charge in [0, 0.05) is 31.5 Å². The zero-order chi connectivity index (χ0) is 20.5. The Balaban J connectivity index is 1.86. The first kappa shape index (κ1) is 22.3. The van der Waals surface area contributed by atoms with E-state index in [-0.39, 0.29) is 0 Å². The molecule has 0 radical (unpaired) electrons. The molecule has 1 N–H and O–H groups in total. The average Bonchev–Trinajstić information content (AvgIpc) is 2.98. The summed E-state index contributed by atoms with van der Waals surface area (Å²) >= 11 is 0. The highest BCUT2D eigenvalue weighted by molar-refractivity contribution is 5.83. The van der Waals surface area contributed by atoms with Crippen molar-refractivity contribution in [3.05, 3.63) is 35.4 Å². The molecule has 2 fully saturated rings. The van der Waals surface area contributed by atoms with Crippen molar-refractivity contribution in [2.45, 2.75) is 109 Å². The van der Waals surface area contributed by atoms with Gasteiger partial charge in [-0.2, -0.15) is 0 Å². The van der Waals surface area contributed by atoms with Gasteiger partial charge in [0.25, 0.3) is 0 Å². The van der Waals surface area contributed by atoms with E-state index in [1.807, 2.05) is 0 Å². The van der Waals surface area contributed by atoms with Gasteiger partial charge in [0.15, 0.2) is 5.72 Å². The van der Waals surface area contributed by atoms with Crippen LogP contribution >= 0.6 is 0 Å². The molecule has 1 saturated heterocycles. The predicted octanol–water partition coefficient (Wildman–Crippen LogP) is 6.75. The number of unbranched alkanes of at least 4 members (excludes halogenated alkanes) is 1. The van der Waals surface area contributed by atoms with Crippen molar-refractivity contribution in [1.29, 1.82) is 0 Å². The van der Waals surface area contributed by atoms with Gasteiger partial charge in [-0.15, -0.1) is 0 Å². The topological polar surface area (TPSA) is 35.8 Å². The zero-order valence-corrected chi connectivity index (χ0v) is 18.8. The highest BCUT2D eigenvalue weighted by Crippen LogP contribution is 2.35. The lowest BCUT2D eigenvalue weighted by atomic mass is 9.83. The Kier molecular flexibility index (Phi) is 8.59. The van der Waals surface area contributed by atoms with Gasteiger partial charge < -0.3 is 10.0 Å². The summed E-state index contributed by atoms with van der Waals surface area (Å²) in [5, 5.41) is 11.7. The van der Waals surface area contributed by atoms with Crippen molar-refractivity contribution in [3.63, 3.8) is 0 Å². The summed E-state index contributed by atoms with van der Waals surface area (Å²) in [6, 6.07) is 8.84. The lowest BCUT2D eigenvalue weighted by Gasteiger charge is -2.30. The van der Waals surface area contributed by atoms with E-state index in [1.165, 1.54) is 56.9 Å². The molecule has 2 aliphatic rings. The summed E-state index contributed by atoms with van der Waals surface area (Å²) in [6.45, 7) is 6.55. The largest absolute Gasteiger partial charge is 0.365 e. The summed E-state index contributed by atoms with van der Waals surface area (Å²) in [4.78, 5) is 7.51. The van der Waals surface area contributed by atoms with Gasteiger partial charge in [0.1, 0.15) is 5.84 Å². The average molecular weight is 399 g/mol. The number of benzene rings is 1. The number of likely N-dealkylation sites (tertiary alicyclic amines) is 1. The van der Waals surface area contributed by atoms with Crippen LogP contribution in [0.1, 0.15) is 114 Å². The third kappa shape index (κ3) is 6.07. The maximum absolute atomic E-state index is 11.7. The predicted molar refractivity (Wildman–Crippen MR) is 123 cm³/mol. The lowest BCUT2D eigenvalue weighted by Crippen LogP contribution is -2.35. The van der Waals surface area contributed by atoms with Crippen LogP contribution in [0.5, 0.6) is 0 Å². The first-order valence-electron chi connectivity index (χ1n) is 12.3. The van der Waals surface area contributed by atoms with Crippen molar-refractivity contribution < 1.29 is 5.11 Å². The second-order valence-corrected chi connectivity index (χ2v) is 9.20. The maximum atomic E-state index is 11.7. The fourth-order valence-corrected chi connectivity index (χ4v) is 5.05. The minimum atomic E-state index is -1.09. The van der Waals surface area contributed by atoms with Crippen LogP contribution in [-0.4, -0.2) is 28.9 Å². The van der Waals surface area contributed by atoms with Crippen LogP contribution in [0.4, 0.5) is 0 Å². The first-order valence-corrected chi connectivity index (χ1v) is 12.3. The molecule has 1 aromatic rings. The number of rotatable bonds is 8. The Labute approximate surface area is 178 Å². The molecule has 0 amide bonds. The smallest absolute Gasteiger partial charge is 0.184 e. The van der Waals surface area contributed by atoms with Crippen molar-refractivity contribution in [2.24, 2.45) is 4.99 Å². The van der Waals surface area contributed by atoms with E-state index in [9.17, 15) is 5.11 Å². The molecule has 1 aromatic carbocycles. The molecule has 1 atom stereocenters. The van der Waals surface area contributed by atoms with Crippen molar-refractivity contribution in [3.8, 4) is 0 Å². The van der Waals surface area contributed by atoms with Crippen LogP contribution in [0.15, 0.2) is 29.3 Å². The van der Waals surface area contributed by atoms with Crippen LogP contribution in [0, 0.1) is 0 Å². The third-order valence-electron chi connectivity index (χ3n) is 6.83. The van der Waals surface area contributed by atoms with Crippen LogP contribution in [0.25, 0.3) is 0 Å². The van der Waals surface area contributed by atoms with E-state index in [1.54, 1.807) is 0 Å². The highest BCUT2D eigenvalue weighted by Gasteiger charge is 2.30. The lowest BCUT2D eigenvalue weighted by molar-refractivity contribution is 0.0331. The van der Waals surface area contributed by atoms with E-state index in [0.717, 1.165) is 50.2 Å². The van der Waals surface area contributed by atoms with Gasteiger partial charge in [0.2, 0.25) is 0 Å². The molecule has 1 unspecified atom stereocenters. The highest BCUT2D eigenvalue weighted by atomic mass is 16.3. The molecule has 1 aliphatic carbocycles. The van der Waals surface area contributed by atoms with Gasteiger partial charge in [-0.3, -0.25) is 0 Å². The van der Waals surface area contributed by atoms with Gasteiger partial charge in [-0.1, -0.05) is 70.2 Å². The molecule has 3 heteroatoms. The van der Waals surface area contributed by atoms with E-state index < -0.39 is 5.72 Å². The number of amidine groups is 1. The molecule has 1 heterocycles. The minimum absolute atomic E-state index is 0.703. The van der Waals surface area contributed by atoms with Crippen LogP contribution < -0.4 is 0 Å². The first-order chi connectivity index (χ1) is 14.2. The molecule has 0 bridgehead atoms. The fourth-order valence-electron chi connectivity index (χ4n) is 5.05. The van der Waals surface area contributed by atoms with E-state index in [4.69, 9.17) is 4.99 Å². The van der Waals surface area contributed by atoms with E-state index >= 15 is 0 Å². The summed E-state index contributed by atoms with van der Waals surface area (Å²) in [5.74, 6) is 1.83. The second-order valence-electron chi connectivity index (χ2n) is 9.20. The maximum Gasteiger partial charge on any atom is 0.184 e. The number of hydrogen-bond acceptors (Lipinski definition) is 2. The van der Waals surface area contributed by atoms with Crippen LogP contribution in [-0.2, 0) is 5.72 Å². The van der Waals surface area contributed by atoms with Gasteiger partial charge >= 0.3 is 0 Å². The Morgan fingerprint density at radius 2 is 1.69 bits per heavy atom. The number of hydrogen-bond donors (Lipinski definition) is 1. The van der Waals surface area contributed by atoms with Gasteiger partial charge in [0.05, 0.1) is 0 Å². The van der Waals surface area contributed by atoms with Crippen LogP contribution in [0.3, 0.4) is 0 Å². The quantitative estimate of drug-likeness (QED) is 0.525. The van der Waals surface area contributed by atoms with Crippen molar-refractivity contribution in [1.82, 2.24) is 4.90 Å². The van der Waals surface area contributed by atoms with E-state index in [2.05, 4.69) is 43.0 Å². The molecule has 0 spiro atoms. The number of aliphatic hydroxyl groups is 1. The molecule has 1 saturated carbocycles. The van der Waals surface area contributed by atoms with Gasteiger partial charge in [-0.25, -0.2) is 4.99 Å². The zero-order valence-electron chi connectivity index (χ0n) is 18.8. The molecule has 162 valence electrons. The Hall–Kier alpha value is -1.35. The summed E-state index contributed by atoms with van der Waals surface area (Å²) in [6.07, 6.45) is 15.3. The standard InChI is InChI=1S/C26H42N2O/c1-3-5-19-26(29,27-25-14-10-7-11-21-28(25)20-4-2)24-17-15-23(16-18-24)22-12-8-6-9-13-22/h15-18,22,29H,3-14,19-21H2,1-2H3. The monoisotopic (exact) mass is 398 g/mol. The summed E-state index contributed by atoms with van der Waals surface area (Å²) < 4.78 is 0. The molecule has 3 rings (SSSR count). The minimum Gasteiger partial charge on any atom is -0.365 e. The third-order valence-corrected chi connectivity index (χ3v) is 6.83. The normalized spacial score (nSPS) is 22.4. The van der Waals surface area contributed by atoms with E-state index in [0.29, 0.717) is 12.3 Å². The number of aliphatic imine (C=N–C) groups is 1. The molecule has 0 aromatic heterocycles. The molecular weight excluding hydrogens is 356 g/mol. The fraction of sp³-hybridized carbons (Fsp3) is 0.731. The molecule has 3 nitrogen and oxygen atoms in total. The second kappa shape index (κ2) is 11.2. The Bertz CT molecular complexity index is 633. The molecule has 29 heavy (non-hydrogen) atoms. The van der Waals surface area contributed by atoms with Crippen molar-refractivity contribution in [2.75, 3.05) is 13.1 Å². The molecular formula is C26H42N2O. The summed E-state index contributed by atoms with van der Waals surface area (Å²) in [7, 11) is 0. The number of nitrogens with zero attached hydrogens (tertiary/aromatic N) is 2.